The average Bonchev–Trinajstić information content (AvgIpc) is 3.09. The fraction of sp³-hybridized carbons (Fsp3) is 0.136. The molecule has 4 heteroatoms. The predicted octanol–water partition coefficient (Wildman–Crippen LogP) is 4.99. The summed E-state index contributed by atoms with van der Waals surface area (Å²) in [4.78, 5) is 4.80. The van der Waals surface area contributed by atoms with Crippen LogP contribution < -0.4 is 0 Å². The first-order valence-electron chi connectivity index (χ1n) is 8.65. The number of hydrogen-bond acceptors (Lipinski definition) is 2. The smallest absolute Gasteiger partial charge is 0.173 e. The van der Waals surface area contributed by atoms with Crippen LogP contribution in [0.15, 0.2) is 78.9 Å². The van der Waals surface area contributed by atoms with Crippen LogP contribution in [-0.4, -0.2) is 14.7 Å². The summed E-state index contributed by atoms with van der Waals surface area (Å²) in [5, 5.41) is 12.6. The van der Waals surface area contributed by atoms with E-state index in [1.807, 2.05) is 90.4 Å². The zero-order valence-corrected chi connectivity index (χ0v) is 15.2. The van der Waals surface area contributed by atoms with E-state index in [9.17, 15) is 5.11 Å². The second-order valence-corrected chi connectivity index (χ2v) is 6.64. The second-order valence-electron chi connectivity index (χ2n) is 6.23. The zero-order valence-electron chi connectivity index (χ0n) is 14.4. The van der Waals surface area contributed by atoms with Gasteiger partial charge in [-0.1, -0.05) is 78.3 Å². The number of halogens is 1. The molecule has 0 fully saturated rings. The highest BCUT2D eigenvalue weighted by atomic mass is 35.5. The predicted molar refractivity (Wildman–Crippen MR) is 105 cm³/mol. The zero-order chi connectivity index (χ0) is 18.1. The molecule has 0 spiro atoms. The van der Waals surface area contributed by atoms with E-state index in [0.717, 1.165) is 22.2 Å². The molecule has 1 aromatic heterocycles. The number of hydrogen-bond donors (Lipinski definition) is 1. The number of fused-ring (bicyclic) bond motifs is 1. The van der Waals surface area contributed by atoms with E-state index >= 15 is 0 Å². The largest absolute Gasteiger partial charge is 0.373 e. The minimum absolute atomic E-state index is 0.570. The normalized spacial score (nSPS) is 11.8. The van der Waals surface area contributed by atoms with Crippen LogP contribution in [0.4, 0.5) is 0 Å². The molecule has 0 saturated carbocycles. The van der Waals surface area contributed by atoms with Crippen molar-refractivity contribution in [1.82, 2.24) is 9.55 Å². The Balaban J connectivity index is 2.09. The number of rotatable bonds is 4. The fourth-order valence-corrected chi connectivity index (χ4v) is 3.78. The number of aliphatic hydroxyl groups is 1. The molecule has 26 heavy (non-hydrogen) atoms. The van der Waals surface area contributed by atoms with Crippen molar-refractivity contribution in [3.63, 3.8) is 0 Å². The number of benzene rings is 3. The van der Waals surface area contributed by atoms with Crippen LogP contribution in [0.3, 0.4) is 0 Å². The first-order valence-corrected chi connectivity index (χ1v) is 9.02. The third kappa shape index (κ3) is 2.52. The van der Waals surface area contributed by atoms with Crippen LogP contribution in [0.25, 0.3) is 11.0 Å². The van der Waals surface area contributed by atoms with Gasteiger partial charge in [0.2, 0.25) is 0 Å². The summed E-state index contributed by atoms with van der Waals surface area (Å²) >= 11 is 6.45. The molecule has 3 aromatic carbocycles. The van der Waals surface area contributed by atoms with Gasteiger partial charge in [0.25, 0.3) is 0 Å². The maximum atomic E-state index is 12.0. The lowest BCUT2D eigenvalue weighted by Gasteiger charge is -2.29. The molecular formula is C22H19ClN2O. The van der Waals surface area contributed by atoms with Crippen molar-refractivity contribution >= 4 is 22.6 Å². The Labute approximate surface area is 157 Å². The molecule has 1 N–H and O–H groups in total. The summed E-state index contributed by atoms with van der Waals surface area (Å²) in [6.07, 6.45) is 0. The highest BCUT2D eigenvalue weighted by Crippen LogP contribution is 2.38. The Bertz CT molecular complexity index is 1000. The van der Waals surface area contributed by atoms with Crippen LogP contribution in [0.1, 0.15) is 23.9 Å². The van der Waals surface area contributed by atoms with Gasteiger partial charge in [-0.25, -0.2) is 4.98 Å². The van der Waals surface area contributed by atoms with Crippen molar-refractivity contribution in [2.45, 2.75) is 19.1 Å². The summed E-state index contributed by atoms with van der Waals surface area (Å²) in [6.45, 7) is 2.68. The molecule has 0 radical (unpaired) electrons. The van der Waals surface area contributed by atoms with Crippen LogP contribution in [-0.2, 0) is 12.1 Å². The topological polar surface area (TPSA) is 38.0 Å². The highest BCUT2D eigenvalue weighted by molar-refractivity contribution is 6.35. The van der Waals surface area contributed by atoms with Crippen molar-refractivity contribution in [3.05, 3.63) is 101 Å². The summed E-state index contributed by atoms with van der Waals surface area (Å²) < 4.78 is 2.00. The first kappa shape index (κ1) is 16.8. The highest BCUT2D eigenvalue weighted by Gasteiger charge is 2.38. The molecule has 0 aliphatic heterocycles. The van der Waals surface area contributed by atoms with Crippen LogP contribution in [0.2, 0.25) is 5.02 Å². The van der Waals surface area contributed by atoms with Gasteiger partial charge >= 0.3 is 0 Å². The minimum Gasteiger partial charge on any atom is -0.373 e. The lowest BCUT2D eigenvalue weighted by molar-refractivity contribution is 0.112. The van der Waals surface area contributed by atoms with Crippen LogP contribution in [0, 0.1) is 0 Å². The van der Waals surface area contributed by atoms with E-state index in [-0.39, 0.29) is 0 Å². The van der Waals surface area contributed by atoms with Gasteiger partial charge in [-0.05, 0) is 30.2 Å². The van der Waals surface area contributed by atoms with Crippen molar-refractivity contribution in [2.24, 2.45) is 0 Å². The van der Waals surface area contributed by atoms with Gasteiger partial charge in [0, 0.05) is 6.54 Å². The van der Waals surface area contributed by atoms with Crippen molar-refractivity contribution in [1.29, 1.82) is 0 Å². The van der Waals surface area contributed by atoms with Crippen molar-refractivity contribution in [2.75, 3.05) is 0 Å². The van der Waals surface area contributed by atoms with Gasteiger partial charge in [-0.15, -0.1) is 0 Å². The van der Waals surface area contributed by atoms with Crippen LogP contribution in [0.5, 0.6) is 0 Å². The number of aromatic nitrogens is 2. The maximum Gasteiger partial charge on any atom is 0.173 e. The lowest BCUT2D eigenvalue weighted by Crippen LogP contribution is -2.32. The third-order valence-corrected chi connectivity index (χ3v) is 5.05. The van der Waals surface area contributed by atoms with Gasteiger partial charge in [-0.2, -0.15) is 0 Å². The molecule has 4 aromatic rings. The van der Waals surface area contributed by atoms with Gasteiger partial charge in [-0.3, -0.25) is 0 Å². The molecule has 0 amide bonds. The molecule has 0 saturated heterocycles. The molecule has 4 rings (SSSR count). The number of aryl methyl sites for hydroxylation is 1. The molecule has 0 aliphatic carbocycles. The quantitative estimate of drug-likeness (QED) is 0.555. The molecule has 3 nitrogen and oxygen atoms in total. The Kier molecular flexibility index (Phi) is 4.27. The standard InChI is InChI=1S/C22H19ClN2O/c1-2-25-20-18(23)14-9-15-19(20)24-21(25)22(26,16-10-5-3-6-11-16)17-12-7-4-8-13-17/h3-15,26H,2H2,1H3. The Morgan fingerprint density at radius 3 is 2.00 bits per heavy atom. The average molecular weight is 363 g/mol. The Morgan fingerprint density at radius 1 is 0.885 bits per heavy atom. The first-order chi connectivity index (χ1) is 12.7. The molecule has 1 heterocycles. The lowest BCUT2D eigenvalue weighted by atomic mass is 9.85. The summed E-state index contributed by atoms with van der Waals surface area (Å²) in [5.41, 5.74) is 1.79. The van der Waals surface area contributed by atoms with E-state index in [1.165, 1.54) is 0 Å². The molecular weight excluding hydrogens is 344 g/mol. The van der Waals surface area contributed by atoms with E-state index in [0.29, 0.717) is 17.4 Å². The molecule has 0 atom stereocenters. The Morgan fingerprint density at radius 2 is 1.46 bits per heavy atom. The number of para-hydroxylation sites is 1. The summed E-state index contributed by atoms with van der Waals surface area (Å²) in [5.74, 6) is 0.570. The number of imidazole rings is 1. The van der Waals surface area contributed by atoms with E-state index in [2.05, 4.69) is 0 Å². The minimum atomic E-state index is -1.37. The van der Waals surface area contributed by atoms with Crippen LogP contribution >= 0.6 is 11.6 Å². The molecule has 0 aliphatic rings. The number of nitrogens with zero attached hydrogens (tertiary/aromatic N) is 2. The van der Waals surface area contributed by atoms with Gasteiger partial charge in [0.05, 0.1) is 16.1 Å². The van der Waals surface area contributed by atoms with Gasteiger partial charge in [0.1, 0.15) is 0 Å². The molecule has 0 bridgehead atoms. The van der Waals surface area contributed by atoms with E-state index in [4.69, 9.17) is 16.6 Å². The van der Waals surface area contributed by atoms with E-state index < -0.39 is 5.60 Å². The SMILES string of the molecule is CCn1c(C(O)(c2ccccc2)c2ccccc2)nc2cccc(Cl)c21. The van der Waals surface area contributed by atoms with Gasteiger partial charge in [0.15, 0.2) is 11.4 Å². The van der Waals surface area contributed by atoms with Crippen molar-refractivity contribution < 1.29 is 5.11 Å². The Hall–Kier alpha value is -2.62. The second kappa shape index (κ2) is 6.60. The summed E-state index contributed by atoms with van der Waals surface area (Å²) in [6, 6.07) is 24.9. The van der Waals surface area contributed by atoms with E-state index in [1.54, 1.807) is 0 Å². The monoisotopic (exact) mass is 362 g/mol. The third-order valence-electron chi connectivity index (χ3n) is 4.74. The van der Waals surface area contributed by atoms with Gasteiger partial charge < -0.3 is 9.67 Å². The summed E-state index contributed by atoms with van der Waals surface area (Å²) in [7, 11) is 0. The molecule has 130 valence electrons. The van der Waals surface area contributed by atoms with Crippen molar-refractivity contribution in [3.8, 4) is 0 Å². The fourth-order valence-electron chi connectivity index (χ4n) is 3.51. The maximum absolute atomic E-state index is 12.0. The molecule has 0 unspecified atom stereocenters.